The van der Waals surface area contributed by atoms with E-state index in [1.165, 1.54) is 12.0 Å². The molecule has 2 atom stereocenters. The zero-order chi connectivity index (χ0) is 14.1. The molecule has 0 saturated carbocycles. The van der Waals surface area contributed by atoms with E-state index in [1.54, 1.807) is 0 Å². The third-order valence-corrected chi connectivity index (χ3v) is 4.01. The van der Waals surface area contributed by atoms with E-state index in [1.807, 2.05) is 12.1 Å². The molecule has 2 N–H and O–H groups in total. The lowest BCUT2D eigenvalue weighted by molar-refractivity contribution is -0.118. The van der Waals surface area contributed by atoms with Crippen LogP contribution in [0.15, 0.2) is 18.2 Å². The number of benzene rings is 1. The Morgan fingerprint density at radius 2 is 2.35 bits per heavy atom. The summed E-state index contributed by atoms with van der Waals surface area (Å²) in [5.74, 6) is 0.661. The summed E-state index contributed by atoms with van der Waals surface area (Å²) in [5.41, 5.74) is 1.94. The first-order valence-electron chi connectivity index (χ1n) is 7.13. The van der Waals surface area contributed by atoms with Crippen molar-refractivity contribution in [2.24, 2.45) is 0 Å². The Balaban J connectivity index is 1.70. The molecule has 3 rings (SSSR count). The molecule has 0 radical (unpaired) electrons. The number of anilines is 1. The topological polar surface area (TPSA) is 53.6 Å². The third-order valence-electron chi connectivity index (χ3n) is 4.01. The van der Waals surface area contributed by atoms with Crippen LogP contribution in [-0.2, 0) is 4.79 Å². The molecule has 5 heteroatoms. The van der Waals surface area contributed by atoms with E-state index < -0.39 is 0 Å². The van der Waals surface area contributed by atoms with Crippen LogP contribution in [0.4, 0.5) is 5.69 Å². The third kappa shape index (κ3) is 2.78. The SMILES string of the molecule is CC(NC1CCN(C)C1)c1ccc2c(c1)NC(=O)CO2. The summed E-state index contributed by atoms with van der Waals surface area (Å²) in [6.07, 6.45) is 1.19. The predicted octanol–water partition coefficient (Wildman–Crippen LogP) is 1.37. The van der Waals surface area contributed by atoms with Crippen molar-refractivity contribution in [2.45, 2.75) is 25.4 Å². The van der Waals surface area contributed by atoms with Crippen molar-refractivity contribution in [2.75, 3.05) is 32.1 Å². The van der Waals surface area contributed by atoms with Crippen LogP contribution >= 0.6 is 0 Å². The van der Waals surface area contributed by atoms with E-state index in [2.05, 4.69) is 35.6 Å². The molecule has 2 aliphatic rings. The summed E-state index contributed by atoms with van der Waals surface area (Å²) < 4.78 is 5.38. The predicted molar refractivity (Wildman–Crippen MR) is 78.0 cm³/mol. The fourth-order valence-corrected chi connectivity index (χ4v) is 2.89. The summed E-state index contributed by atoms with van der Waals surface area (Å²) in [7, 11) is 2.15. The molecule has 1 aromatic carbocycles. The molecule has 1 saturated heterocycles. The van der Waals surface area contributed by atoms with E-state index in [0.717, 1.165) is 24.5 Å². The van der Waals surface area contributed by atoms with Crippen LogP contribution in [0.2, 0.25) is 0 Å². The largest absolute Gasteiger partial charge is 0.482 e. The molecule has 0 bridgehead atoms. The van der Waals surface area contributed by atoms with Crippen molar-refractivity contribution in [3.63, 3.8) is 0 Å². The van der Waals surface area contributed by atoms with Crippen molar-refractivity contribution in [1.29, 1.82) is 0 Å². The van der Waals surface area contributed by atoms with Gasteiger partial charge < -0.3 is 20.3 Å². The second-order valence-corrected chi connectivity index (χ2v) is 5.73. The Labute approximate surface area is 119 Å². The molecule has 0 aromatic heterocycles. The van der Waals surface area contributed by atoms with Crippen LogP contribution in [0.5, 0.6) is 5.75 Å². The number of hydrogen-bond acceptors (Lipinski definition) is 4. The number of rotatable bonds is 3. The maximum atomic E-state index is 11.4. The van der Waals surface area contributed by atoms with E-state index in [9.17, 15) is 4.79 Å². The van der Waals surface area contributed by atoms with Gasteiger partial charge in [0.2, 0.25) is 0 Å². The zero-order valence-corrected chi connectivity index (χ0v) is 12.0. The molecule has 2 heterocycles. The van der Waals surface area contributed by atoms with Gasteiger partial charge in [0, 0.05) is 18.6 Å². The van der Waals surface area contributed by atoms with Gasteiger partial charge in [-0.15, -0.1) is 0 Å². The number of amides is 1. The molecular formula is C15H21N3O2. The highest BCUT2D eigenvalue weighted by Crippen LogP contribution is 2.30. The van der Waals surface area contributed by atoms with Gasteiger partial charge in [0.05, 0.1) is 5.69 Å². The number of likely N-dealkylation sites (tertiary alicyclic amines) is 1. The van der Waals surface area contributed by atoms with E-state index in [0.29, 0.717) is 6.04 Å². The number of fused-ring (bicyclic) bond motifs is 1. The monoisotopic (exact) mass is 275 g/mol. The Kier molecular flexibility index (Phi) is 3.63. The van der Waals surface area contributed by atoms with Crippen LogP contribution in [-0.4, -0.2) is 43.6 Å². The quantitative estimate of drug-likeness (QED) is 0.875. The first-order valence-corrected chi connectivity index (χ1v) is 7.13. The second-order valence-electron chi connectivity index (χ2n) is 5.73. The fourth-order valence-electron chi connectivity index (χ4n) is 2.89. The second kappa shape index (κ2) is 5.42. The van der Waals surface area contributed by atoms with E-state index in [-0.39, 0.29) is 18.6 Å². The molecule has 1 aromatic rings. The van der Waals surface area contributed by atoms with Gasteiger partial charge >= 0.3 is 0 Å². The minimum absolute atomic E-state index is 0.0901. The van der Waals surface area contributed by atoms with Crippen molar-refractivity contribution in [3.05, 3.63) is 23.8 Å². The Morgan fingerprint density at radius 3 is 3.10 bits per heavy atom. The van der Waals surface area contributed by atoms with Gasteiger partial charge in [-0.3, -0.25) is 4.79 Å². The minimum Gasteiger partial charge on any atom is -0.482 e. The van der Waals surface area contributed by atoms with Crippen LogP contribution in [0, 0.1) is 0 Å². The highest BCUT2D eigenvalue weighted by atomic mass is 16.5. The standard InChI is InChI=1S/C15H21N3O2/c1-10(16-12-5-6-18(2)8-12)11-3-4-14-13(7-11)17-15(19)9-20-14/h3-4,7,10,12,16H,5-6,8-9H2,1-2H3,(H,17,19). The molecule has 0 aliphatic carbocycles. The normalized spacial score (nSPS) is 23.9. The van der Waals surface area contributed by atoms with Gasteiger partial charge in [-0.2, -0.15) is 0 Å². The lowest BCUT2D eigenvalue weighted by atomic mass is 10.1. The van der Waals surface area contributed by atoms with Gasteiger partial charge in [-0.05, 0) is 44.6 Å². The average Bonchev–Trinajstić information content (AvgIpc) is 2.83. The smallest absolute Gasteiger partial charge is 0.262 e. The molecule has 2 unspecified atom stereocenters. The molecule has 0 spiro atoms. The number of nitrogens with zero attached hydrogens (tertiary/aromatic N) is 1. The van der Waals surface area contributed by atoms with Crippen LogP contribution in [0.1, 0.15) is 24.9 Å². The van der Waals surface area contributed by atoms with Crippen LogP contribution < -0.4 is 15.4 Å². The highest BCUT2D eigenvalue weighted by Gasteiger charge is 2.22. The molecule has 20 heavy (non-hydrogen) atoms. The Morgan fingerprint density at radius 1 is 1.50 bits per heavy atom. The van der Waals surface area contributed by atoms with Crippen molar-refractivity contribution < 1.29 is 9.53 Å². The van der Waals surface area contributed by atoms with Crippen LogP contribution in [0.3, 0.4) is 0 Å². The average molecular weight is 275 g/mol. The molecular weight excluding hydrogens is 254 g/mol. The summed E-state index contributed by atoms with van der Waals surface area (Å²) in [6.45, 7) is 4.51. The van der Waals surface area contributed by atoms with Crippen LogP contribution in [0.25, 0.3) is 0 Å². The lowest BCUT2D eigenvalue weighted by Gasteiger charge is -2.23. The maximum Gasteiger partial charge on any atom is 0.262 e. The van der Waals surface area contributed by atoms with Gasteiger partial charge in [0.15, 0.2) is 6.61 Å². The van der Waals surface area contributed by atoms with E-state index >= 15 is 0 Å². The van der Waals surface area contributed by atoms with Gasteiger partial charge in [-0.1, -0.05) is 6.07 Å². The number of hydrogen-bond donors (Lipinski definition) is 2. The lowest BCUT2D eigenvalue weighted by Crippen LogP contribution is -2.33. The molecule has 2 aliphatic heterocycles. The highest BCUT2D eigenvalue weighted by molar-refractivity contribution is 5.95. The first-order chi connectivity index (χ1) is 9.61. The number of ether oxygens (including phenoxy) is 1. The first kappa shape index (κ1) is 13.4. The number of carbonyl (C=O) groups is 1. The molecule has 108 valence electrons. The van der Waals surface area contributed by atoms with Crippen molar-refractivity contribution >= 4 is 11.6 Å². The number of nitrogens with one attached hydrogen (secondary N) is 2. The molecule has 1 fully saturated rings. The van der Waals surface area contributed by atoms with Gasteiger partial charge in [0.25, 0.3) is 5.91 Å². The summed E-state index contributed by atoms with van der Waals surface area (Å²) in [5, 5.41) is 6.50. The number of likely N-dealkylation sites (N-methyl/N-ethyl adjacent to an activating group) is 1. The van der Waals surface area contributed by atoms with Gasteiger partial charge in [-0.25, -0.2) is 0 Å². The minimum atomic E-state index is -0.0901. The zero-order valence-electron chi connectivity index (χ0n) is 12.0. The summed E-state index contributed by atoms with van der Waals surface area (Å²) in [4.78, 5) is 13.7. The van der Waals surface area contributed by atoms with Gasteiger partial charge in [0.1, 0.15) is 5.75 Å². The fraction of sp³-hybridized carbons (Fsp3) is 0.533. The molecule has 5 nitrogen and oxygen atoms in total. The Bertz CT molecular complexity index is 518. The maximum absolute atomic E-state index is 11.4. The van der Waals surface area contributed by atoms with Crippen molar-refractivity contribution in [3.8, 4) is 5.75 Å². The Hall–Kier alpha value is -1.59. The molecule has 1 amide bonds. The van der Waals surface area contributed by atoms with E-state index in [4.69, 9.17) is 4.74 Å². The van der Waals surface area contributed by atoms with Crippen molar-refractivity contribution in [1.82, 2.24) is 10.2 Å². The summed E-state index contributed by atoms with van der Waals surface area (Å²) >= 11 is 0. The summed E-state index contributed by atoms with van der Waals surface area (Å²) in [6, 6.07) is 6.80. The number of carbonyl (C=O) groups excluding carboxylic acids is 1.